The van der Waals surface area contributed by atoms with Gasteiger partial charge in [0.05, 0.1) is 14.7 Å². The summed E-state index contributed by atoms with van der Waals surface area (Å²) in [5.74, 6) is 0. The predicted molar refractivity (Wildman–Crippen MR) is 91.1 cm³/mol. The summed E-state index contributed by atoms with van der Waals surface area (Å²) in [7, 11) is -3.69. The van der Waals surface area contributed by atoms with Crippen molar-refractivity contribution < 1.29 is 13.3 Å². The van der Waals surface area contributed by atoms with Gasteiger partial charge in [0, 0.05) is 30.9 Å². The number of rotatable bonds is 4. The van der Waals surface area contributed by atoms with Crippen molar-refractivity contribution in [3.63, 3.8) is 0 Å². The second-order valence-electron chi connectivity index (χ2n) is 5.80. The van der Waals surface area contributed by atoms with Gasteiger partial charge in [-0.05, 0) is 49.6 Å². The van der Waals surface area contributed by atoms with Gasteiger partial charge in [-0.2, -0.15) is 0 Å². The molecule has 0 saturated carbocycles. The molecule has 1 fully saturated rings. The number of non-ortho nitro benzene ring substituents is 1. The van der Waals surface area contributed by atoms with Crippen molar-refractivity contribution in [2.45, 2.75) is 29.1 Å². The molecule has 0 aliphatic carbocycles. The Labute approximate surface area is 140 Å². The fraction of sp³-hybridized carbons (Fsp3) is 0.294. The molecule has 2 aromatic carbocycles. The van der Waals surface area contributed by atoms with E-state index in [0.717, 1.165) is 31.6 Å². The Morgan fingerprint density at radius 2 is 1.58 bits per heavy atom. The van der Waals surface area contributed by atoms with Crippen molar-refractivity contribution >= 4 is 21.2 Å². The summed E-state index contributed by atoms with van der Waals surface area (Å²) in [4.78, 5) is 12.6. The zero-order valence-electron chi connectivity index (χ0n) is 13.1. The molecule has 0 amide bonds. The van der Waals surface area contributed by atoms with E-state index in [0.29, 0.717) is 0 Å². The van der Waals surface area contributed by atoms with Gasteiger partial charge >= 0.3 is 0 Å². The summed E-state index contributed by atoms with van der Waals surface area (Å²) in [6.07, 6.45) is 3.43. The van der Waals surface area contributed by atoms with Crippen LogP contribution in [0.2, 0.25) is 0 Å². The highest BCUT2D eigenvalue weighted by Crippen LogP contribution is 2.27. The minimum atomic E-state index is -3.69. The number of anilines is 1. The summed E-state index contributed by atoms with van der Waals surface area (Å²) < 4.78 is 25.5. The SMILES string of the molecule is O=[N+]([O-])c1ccc(S(=O)(=O)c2cccc(N3CCCCC3)c2)cc1. The molecular formula is C17H18N2O4S. The van der Waals surface area contributed by atoms with Gasteiger partial charge in [-0.3, -0.25) is 10.1 Å². The molecule has 7 heteroatoms. The third kappa shape index (κ3) is 3.26. The van der Waals surface area contributed by atoms with Crippen molar-refractivity contribution in [1.82, 2.24) is 0 Å². The van der Waals surface area contributed by atoms with E-state index in [2.05, 4.69) is 4.90 Å². The van der Waals surface area contributed by atoms with Crippen LogP contribution in [-0.4, -0.2) is 26.4 Å². The molecule has 126 valence electrons. The summed E-state index contributed by atoms with van der Waals surface area (Å²) in [5, 5.41) is 10.7. The van der Waals surface area contributed by atoms with Crippen LogP contribution in [0.1, 0.15) is 19.3 Å². The molecule has 2 aromatic rings. The van der Waals surface area contributed by atoms with Crippen LogP contribution < -0.4 is 4.90 Å². The lowest BCUT2D eigenvalue weighted by Crippen LogP contribution is -2.29. The van der Waals surface area contributed by atoms with Crippen LogP contribution in [0.25, 0.3) is 0 Å². The quantitative estimate of drug-likeness (QED) is 0.626. The van der Waals surface area contributed by atoms with Gasteiger partial charge < -0.3 is 4.90 Å². The maximum absolute atomic E-state index is 12.8. The number of nitro benzene ring substituents is 1. The van der Waals surface area contributed by atoms with Gasteiger partial charge in [0.25, 0.3) is 5.69 Å². The molecule has 0 atom stereocenters. The topological polar surface area (TPSA) is 80.5 Å². The molecule has 0 aromatic heterocycles. The molecular weight excluding hydrogens is 328 g/mol. The molecule has 3 rings (SSSR count). The standard InChI is InChI=1S/C17H18N2O4S/c20-19(21)14-7-9-16(10-8-14)24(22,23)17-6-4-5-15(13-17)18-11-2-1-3-12-18/h4-10,13H,1-3,11-12H2. The monoisotopic (exact) mass is 346 g/mol. The van der Waals surface area contributed by atoms with E-state index < -0.39 is 14.8 Å². The Kier molecular flexibility index (Phi) is 4.53. The number of nitro groups is 1. The summed E-state index contributed by atoms with van der Waals surface area (Å²) in [6.45, 7) is 1.86. The molecule has 0 unspecified atom stereocenters. The number of benzene rings is 2. The number of hydrogen-bond acceptors (Lipinski definition) is 5. The first-order valence-corrected chi connectivity index (χ1v) is 9.31. The van der Waals surface area contributed by atoms with Gasteiger partial charge in [-0.15, -0.1) is 0 Å². The van der Waals surface area contributed by atoms with Gasteiger partial charge in [0.2, 0.25) is 9.84 Å². The number of piperidine rings is 1. The molecule has 1 aliphatic rings. The van der Waals surface area contributed by atoms with E-state index in [-0.39, 0.29) is 15.5 Å². The van der Waals surface area contributed by atoms with E-state index in [4.69, 9.17) is 0 Å². The van der Waals surface area contributed by atoms with E-state index in [1.807, 2.05) is 6.07 Å². The Hall–Kier alpha value is -2.41. The minimum absolute atomic E-state index is 0.0592. The van der Waals surface area contributed by atoms with Crippen LogP contribution in [0.5, 0.6) is 0 Å². The summed E-state index contributed by atoms with van der Waals surface area (Å²) in [5.41, 5.74) is 0.772. The van der Waals surface area contributed by atoms with Gasteiger partial charge in [-0.25, -0.2) is 8.42 Å². The fourth-order valence-corrected chi connectivity index (χ4v) is 4.18. The Morgan fingerprint density at radius 1 is 0.917 bits per heavy atom. The van der Waals surface area contributed by atoms with Crippen molar-refractivity contribution in [2.24, 2.45) is 0 Å². The second-order valence-corrected chi connectivity index (χ2v) is 7.75. The number of sulfone groups is 1. The largest absolute Gasteiger partial charge is 0.372 e. The average Bonchev–Trinajstić information content (AvgIpc) is 2.62. The molecule has 0 radical (unpaired) electrons. The van der Waals surface area contributed by atoms with Crippen molar-refractivity contribution in [1.29, 1.82) is 0 Å². The molecule has 6 nitrogen and oxygen atoms in total. The van der Waals surface area contributed by atoms with Crippen LogP contribution in [0.3, 0.4) is 0 Å². The normalized spacial score (nSPS) is 15.2. The zero-order valence-corrected chi connectivity index (χ0v) is 13.9. The number of nitrogens with zero attached hydrogens (tertiary/aromatic N) is 2. The van der Waals surface area contributed by atoms with Crippen molar-refractivity contribution in [3.8, 4) is 0 Å². The first-order valence-electron chi connectivity index (χ1n) is 7.83. The van der Waals surface area contributed by atoms with Crippen molar-refractivity contribution in [3.05, 3.63) is 58.6 Å². The third-order valence-electron chi connectivity index (χ3n) is 4.21. The number of hydrogen-bond donors (Lipinski definition) is 0. The summed E-state index contributed by atoms with van der Waals surface area (Å²) in [6, 6.07) is 11.9. The smallest absolute Gasteiger partial charge is 0.269 e. The highest BCUT2D eigenvalue weighted by Gasteiger charge is 2.20. The Morgan fingerprint density at radius 3 is 2.21 bits per heavy atom. The molecule has 1 heterocycles. The first-order chi connectivity index (χ1) is 11.5. The van der Waals surface area contributed by atoms with Crippen LogP contribution >= 0.6 is 0 Å². The third-order valence-corrected chi connectivity index (χ3v) is 5.97. The van der Waals surface area contributed by atoms with Crippen LogP contribution in [-0.2, 0) is 9.84 Å². The molecule has 0 N–H and O–H groups in total. The molecule has 0 bridgehead atoms. The lowest BCUT2D eigenvalue weighted by Gasteiger charge is -2.29. The lowest BCUT2D eigenvalue weighted by atomic mass is 10.1. The van der Waals surface area contributed by atoms with E-state index >= 15 is 0 Å². The Bertz CT molecular complexity index is 841. The van der Waals surface area contributed by atoms with Gasteiger partial charge in [0.1, 0.15) is 0 Å². The molecule has 1 aliphatic heterocycles. The fourth-order valence-electron chi connectivity index (χ4n) is 2.88. The van der Waals surface area contributed by atoms with Crippen LogP contribution in [0.4, 0.5) is 11.4 Å². The average molecular weight is 346 g/mol. The highest BCUT2D eigenvalue weighted by atomic mass is 32.2. The molecule has 1 saturated heterocycles. The van der Waals surface area contributed by atoms with Crippen LogP contribution in [0.15, 0.2) is 58.3 Å². The molecule has 0 spiro atoms. The maximum Gasteiger partial charge on any atom is 0.269 e. The lowest BCUT2D eigenvalue weighted by molar-refractivity contribution is -0.384. The second kappa shape index (κ2) is 6.60. The van der Waals surface area contributed by atoms with E-state index in [1.165, 1.54) is 30.7 Å². The molecule has 24 heavy (non-hydrogen) atoms. The van der Waals surface area contributed by atoms with Crippen LogP contribution in [0, 0.1) is 10.1 Å². The predicted octanol–water partition coefficient (Wildman–Crippen LogP) is 3.42. The summed E-state index contributed by atoms with van der Waals surface area (Å²) >= 11 is 0. The van der Waals surface area contributed by atoms with Gasteiger partial charge in [0.15, 0.2) is 0 Å². The zero-order chi connectivity index (χ0) is 17.2. The Balaban J connectivity index is 1.93. The van der Waals surface area contributed by atoms with Gasteiger partial charge in [-0.1, -0.05) is 6.07 Å². The highest BCUT2D eigenvalue weighted by molar-refractivity contribution is 7.91. The van der Waals surface area contributed by atoms with E-state index in [9.17, 15) is 18.5 Å². The minimum Gasteiger partial charge on any atom is -0.372 e. The maximum atomic E-state index is 12.8. The van der Waals surface area contributed by atoms with E-state index in [1.54, 1.807) is 18.2 Å². The van der Waals surface area contributed by atoms with Crippen molar-refractivity contribution in [2.75, 3.05) is 18.0 Å². The first kappa shape index (κ1) is 16.4.